The number of nitrogens with one attached hydrogen (secondary N) is 2. The van der Waals surface area contributed by atoms with Crippen molar-refractivity contribution in [2.45, 2.75) is 46.2 Å². The number of aromatic nitrogens is 2. The molecule has 1 saturated heterocycles. The summed E-state index contributed by atoms with van der Waals surface area (Å²) in [5.74, 6) is -0.0434. The highest BCUT2D eigenvalue weighted by atomic mass is 35.5. The molecule has 39 heavy (non-hydrogen) atoms. The topological polar surface area (TPSA) is 62.2 Å². The van der Waals surface area contributed by atoms with Crippen LogP contribution >= 0.6 is 23.8 Å². The Morgan fingerprint density at radius 1 is 1.05 bits per heavy atom. The van der Waals surface area contributed by atoms with Crippen LogP contribution in [-0.2, 0) is 4.79 Å². The Morgan fingerprint density at radius 3 is 2.54 bits per heavy atom. The van der Waals surface area contributed by atoms with Gasteiger partial charge in [-0.1, -0.05) is 29.8 Å². The van der Waals surface area contributed by atoms with Crippen LogP contribution in [0.4, 0.5) is 5.69 Å². The van der Waals surface area contributed by atoms with Crippen LogP contribution in [0.2, 0.25) is 5.02 Å². The van der Waals surface area contributed by atoms with E-state index in [-0.39, 0.29) is 18.0 Å². The minimum absolute atomic E-state index is 0.0434. The van der Waals surface area contributed by atoms with Crippen molar-refractivity contribution in [1.82, 2.24) is 19.8 Å². The monoisotopic (exact) mass is 557 g/mol. The molecule has 1 amide bonds. The molecule has 1 aliphatic rings. The van der Waals surface area contributed by atoms with Crippen LogP contribution in [0.1, 0.15) is 52.3 Å². The largest absolute Gasteiger partial charge is 0.352 e. The second kappa shape index (κ2) is 11.2. The van der Waals surface area contributed by atoms with Gasteiger partial charge in [-0.15, -0.1) is 0 Å². The molecule has 0 spiro atoms. The Balaban J connectivity index is 1.46. The van der Waals surface area contributed by atoms with Crippen molar-refractivity contribution in [1.29, 1.82) is 0 Å². The van der Waals surface area contributed by atoms with Crippen LogP contribution in [0, 0.1) is 27.7 Å². The van der Waals surface area contributed by atoms with Crippen molar-refractivity contribution in [3.63, 3.8) is 0 Å². The molecule has 0 bridgehead atoms. The van der Waals surface area contributed by atoms with E-state index < -0.39 is 0 Å². The average Bonchev–Trinajstić information content (AvgIpc) is 3.40. The third-order valence-corrected chi connectivity index (χ3v) is 7.92. The molecule has 1 aliphatic heterocycles. The molecule has 0 saturated carbocycles. The lowest BCUT2D eigenvalue weighted by atomic mass is 9.96. The lowest BCUT2D eigenvalue weighted by Gasteiger charge is -2.28. The second-order valence-corrected chi connectivity index (χ2v) is 10.9. The molecule has 3 heterocycles. The van der Waals surface area contributed by atoms with E-state index in [1.165, 1.54) is 0 Å². The number of hydrogen-bond acceptors (Lipinski definition) is 3. The van der Waals surface area contributed by atoms with Crippen molar-refractivity contribution in [3.05, 3.63) is 112 Å². The molecule has 8 heteroatoms. The standard InChI is InChI=1S/C31H32ClN5OS/c1-19-8-9-20(2)27(17-19)34-28(38)14-16-36-30(29(35-31(36)39)26-7-5-6-15-33-26)25-18-21(3)37(22(25)4)24-12-10-23(32)11-13-24/h5-13,15,17-18,29-30H,14,16H2,1-4H3,(H,34,38)(H,35,39)/t29-,30+/m0/s1. The Bertz CT molecular complexity index is 1520. The van der Waals surface area contributed by atoms with Gasteiger partial charge in [-0.25, -0.2) is 0 Å². The van der Waals surface area contributed by atoms with Crippen LogP contribution in [0.25, 0.3) is 5.69 Å². The Hall–Kier alpha value is -3.68. The normalized spacial score (nSPS) is 16.8. The number of benzene rings is 2. The van der Waals surface area contributed by atoms with Crippen molar-refractivity contribution in [3.8, 4) is 5.69 Å². The third-order valence-electron chi connectivity index (χ3n) is 7.32. The lowest BCUT2D eigenvalue weighted by Crippen LogP contribution is -2.33. The molecule has 6 nitrogen and oxygen atoms in total. The Labute approximate surface area is 240 Å². The van der Waals surface area contributed by atoms with Gasteiger partial charge in [-0.2, -0.15) is 0 Å². The number of thiocarbonyl (C=S) groups is 1. The maximum Gasteiger partial charge on any atom is 0.226 e. The molecule has 1 fully saturated rings. The molecule has 0 aliphatic carbocycles. The highest BCUT2D eigenvalue weighted by Crippen LogP contribution is 2.41. The van der Waals surface area contributed by atoms with Gasteiger partial charge in [0.25, 0.3) is 0 Å². The van der Waals surface area contributed by atoms with Gasteiger partial charge in [0.15, 0.2) is 5.11 Å². The summed E-state index contributed by atoms with van der Waals surface area (Å²) >= 11 is 12.0. The number of amides is 1. The van der Waals surface area contributed by atoms with E-state index in [1.54, 1.807) is 6.20 Å². The fourth-order valence-electron chi connectivity index (χ4n) is 5.36. The summed E-state index contributed by atoms with van der Waals surface area (Å²) in [5, 5.41) is 7.90. The molecular formula is C31H32ClN5OS. The Morgan fingerprint density at radius 2 is 1.82 bits per heavy atom. The van der Waals surface area contributed by atoms with Crippen molar-refractivity contribution >= 4 is 40.5 Å². The molecule has 2 aromatic carbocycles. The van der Waals surface area contributed by atoms with E-state index in [0.717, 1.165) is 45.1 Å². The van der Waals surface area contributed by atoms with Gasteiger partial charge in [-0.05, 0) is 105 Å². The number of rotatable bonds is 7. The number of aryl methyl sites for hydroxylation is 3. The predicted molar refractivity (Wildman–Crippen MR) is 162 cm³/mol. The molecule has 200 valence electrons. The first kappa shape index (κ1) is 26.9. The van der Waals surface area contributed by atoms with Crippen LogP contribution in [-0.4, -0.2) is 32.0 Å². The molecular weight excluding hydrogens is 526 g/mol. The fourth-order valence-corrected chi connectivity index (χ4v) is 5.82. The van der Waals surface area contributed by atoms with E-state index in [0.29, 0.717) is 23.1 Å². The Kier molecular flexibility index (Phi) is 7.73. The minimum Gasteiger partial charge on any atom is -0.352 e. The summed E-state index contributed by atoms with van der Waals surface area (Å²) in [6.45, 7) is 8.72. The zero-order chi connectivity index (χ0) is 27.7. The molecule has 0 unspecified atom stereocenters. The zero-order valence-corrected chi connectivity index (χ0v) is 24.1. The van der Waals surface area contributed by atoms with Gasteiger partial charge in [0.05, 0.1) is 17.8 Å². The van der Waals surface area contributed by atoms with Crippen LogP contribution < -0.4 is 10.6 Å². The maximum absolute atomic E-state index is 13.0. The summed E-state index contributed by atoms with van der Waals surface area (Å²) in [6.07, 6.45) is 2.10. The van der Waals surface area contributed by atoms with Gasteiger partial charge in [-0.3, -0.25) is 9.78 Å². The first-order valence-corrected chi connectivity index (χ1v) is 13.8. The minimum atomic E-state index is -0.153. The summed E-state index contributed by atoms with van der Waals surface area (Å²) in [6, 6.07) is 21.8. The van der Waals surface area contributed by atoms with Crippen molar-refractivity contribution in [2.24, 2.45) is 0 Å². The number of nitrogens with zero attached hydrogens (tertiary/aromatic N) is 3. The van der Waals surface area contributed by atoms with Gasteiger partial charge in [0.2, 0.25) is 5.91 Å². The third kappa shape index (κ3) is 5.56. The predicted octanol–water partition coefficient (Wildman–Crippen LogP) is 6.76. The van der Waals surface area contributed by atoms with Gasteiger partial charge in [0, 0.05) is 46.9 Å². The molecule has 0 radical (unpaired) electrons. The fraction of sp³-hybridized carbons (Fsp3) is 0.258. The first-order valence-electron chi connectivity index (χ1n) is 13.0. The zero-order valence-electron chi connectivity index (χ0n) is 22.5. The molecule has 2 N–H and O–H groups in total. The molecule has 5 rings (SSSR count). The first-order chi connectivity index (χ1) is 18.7. The van der Waals surface area contributed by atoms with Crippen LogP contribution in [0.15, 0.2) is 72.9 Å². The summed E-state index contributed by atoms with van der Waals surface area (Å²) in [4.78, 5) is 19.8. The highest BCUT2D eigenvalue weighted by Gasteiger charge is 2.41. The lowest BCUT2D eigenvalue weighted by molar-refractivity contribution is -0.116. The van der Waals surface area contributed by atoms with Gasteiger partial charge < -0.3 is 20.1 Å². The van der Waals surface area contributed by atoms with Crippen LogP contribution in [0.5, 0.6) is 0 Å². The van der Waals surface area contributed by atoms with E-state index in [4.69, 9.17) is 23.8 Å². The van der Waals surface area contributed by atoms with E-state index in [9.17, 15) is 4.79 Å². The number of halogens is 1. The SMILES string of the molecule is Cc1ccc(C)c(NC(=O)CCN2C(=S)N[C@@H](c3ccccn3)[C@H]2c2cc(C)n(-c3ccc(Cl)cc3)c2C)c1. The number of pyridine rings is 1. The van der Waals surface area contributed by atoms with Gasteiger partial charge >= 0.3 is 0 Å². The molecule has 4 aromatic rings. The number of carbonyl (C=O) groups excluding carboxylic acids is 1. The van der Waals surface area contributed by atoms with E-state index in [2.05, 4.69) is 45.0 Å². The number of anilines is 1. The highest BCUT2D eigenvalue weighted by molar-refractivity contribution is 7.80. The molecule has 2 aromatic heterocycles. The quantitative estimate of drug-likeness (QED) is 0.246. The summed E-state index contributed by atoms with van der Waals surface area (Å²) in [5.41, 5.74) is 8.29. The van der Waals surface area contributed by atoms with E-state index >= 15 is 0 Å². The number of hydrogen-bond donors (Lipinski definition) is 2. The smallest absolute Gasteiger partial charge is 0.226 e. The van der Waals surface area contributed by atoms with Gasteiger partial charge in [0.1, 0.15) is 0 Å². The van der Waals surface area contributed by atoms with Crippen LogP contribution in [0.3, 0.4) is 0 Å². The molecule has 2 atom stereocenters. The van der Waals surface area contributed by atoms with Crippen molar-refractivity contribution < 1.29 is 4.79 Å². The summed E-state index contributed by atoms with van der Waals surface area (Å²) in [7, 11) is 0. The van der Waals surface area contributed by atoms with Crippen molar-refractivity contribution in [2.75, 3.05) is 11.9 Å². The van der Waals surface area contributed by atoms with E-state index in [1.807, 2.05) is 74.5 Å². The average molecular weight is 558 g/mol. The number of carbonyl (C=O) groups is 1. The maximum atomic E-state index is 13.0. The second-order valence-electron chi connectivity index (χ2n) is 10.1. The summed E-state index contributed by atoms with van der Waals surface area (Å²) < 4.78 is 2.23.